The molecule has 0 heterocycles. The summed E-state index contributed by atoms with van der Waals surface area (Å²) < 4.78 is 5.14. The normalized spacial score (nSPS) is 9.94. The van der Waals surface area contributed by atoms with Gasteiger partial charge in [-0.15, -0.1) is 24.0 Å². The van der Waals surface area contributed by atoms with Crippen molar-refractivity contribution in [3.63, 3.8) is 0 Å². The number of halogens is 1. The molecule has 2 N–H and O–H groups in total. The zero-order valence-electron chi connectivity index (χ0n) is 11.3. The summed E-state index contributed by atoms with van der Waals surface area (Å²) in [7, 11) is 0. The van der Waals surface area contributed by atoms with E-state index in [4.69, 9.17) is 4.74 Å². The first-order valence-electron chi connectivity index (χ1n) is 5.63. The second-order valence-corrected chi connectivity index (χ2v) is 4.31. The Hall–Kier alpha value is -0.530. The van der Waals surface area contributed by atoms with Crippen molar-refractivity contribution in [1.82, 2.24) is 10.6 Å². The van der Waals surface area contributed by atoms with Crippen molar-refractivity contribution in [1.29, 1.82) is 0 Å². The second kappa shape index (κ2) is 9.49. The van der Waals surface area contributed by atoms with E-state index in [2.05, 4.69) is 15.6 Å². The topological polar surface area (TPSA) is 62.7 Å². The molecule has 0 aromatic rings. The van der Waals surface area contributed by atoms with Crippen LogP contribution in [0.15, 0.2) is 4.99 Å². The van der Waals surface area contributed by atoms with Gasteiger partial charge in [0.25, 0.3) is 0 Å². The van der Waals surface area contributed by atoms with Gasteiger partial charge in [-0.1, -0.05) is 0 Å². The van der Waals surface area contributed by atoms with Crippen LogP contribution < -0.4 is 10.6 Å². The quantitative estimate of drug-likeness (QED) is 0.347. The van der Waals surface area contributed by atoms with Gasteiger partial charge in [0.2, 0.25) is 0 Å². The van der Waals surface area contributed by atoms with Crippen molar-refractivity contribution in [3.8, 4) is 0 Å². The van der Waals surface area contributed by atoms with E-state index >= 15 is 0 Å². The molecule has 0 unspecified atom stereocenters. The molecule has 6 heteroatoms. The first kappa shape index (κ1) is 18.8. The lowest BCUT2D eigenvalue weighted by atomic mass is 10.2. The number of nitrogens with zero attached hydrogens (tertiary/aromatic N) is 1. The molecule has 0 aliphatic rings. The fourth-order valence-electron chi connectivity index (χ4n) is 1.03. The van der Waals surface area contributed by atoms with E-state index in [-0.39, 0.29) is 36.5 Å². The molecule has 0 bridgehead atoms. The summed E-state index contributed by atoms with van der Waals surface area (Å²) in [5, 5.41) is 6.07. The van der Waals surface area contributed by atoms with E-state index in [9.17, 15) is 4.79 Å². The largest absolute Gasteiger partial charge is 0.459 e. The number of nitrogens with one attached hydrogen (secondary N) is 2. The molecule has 0 rings (SSSR count). The van der Waals surface area contributed by atoms with Gasteiger partial charge in [-0.3, -0.25) is 4.79 Å². The number of ether oxygens (including phenoxy) is 1. The molecule has 0 spiro atoms. The zero-order valence-corrected chi connectivity index (χ0v) is 13.6. The van der Waals surface area contributed by atoms with Gasteiger partial charge in [0.05, 0.1) is 0 Å². The molecule has 0 fully saturated rings. The Bertz CT molecular complexity index is 242. The van der Waals surface area contributed by atoms with Gasteiger partial charge < -0.3 is 15.4 Å². The molecular weight excluding hydrogens is 333 g/mol. The molecule has 0 saturated carbocycles. The Balaban J connectivity index is 0. The van der Waals surface area contributed by atoms with E-state index in [1.165, 1.54) is 0 Å². The van der Waals surface area contributed by atoms with E-state index in [1.807, 2.05) is 34.6 Å². The van der Waals surface area contributed by atoms with Crippen LogP contribution in [0.1, 0.15) is 34.6 Å². The third-order valence-corrected chi connectivity index (χ3v) is 1.47. The number of rotatable bonds is 4. The van der Waals surface area contributed by atoms with E-state index < -0.39 is 5.60 Å². The molecule has 0 aliphatic carbocycles. The molecule has 5 nitrogen and oxygen atoms in total. The van der Waals surface area contributed by atoms with Crippen LogP contribution in [0.4, 0.5) is 0 Å². The van der Waals surface area contributed by atoms with Crippen LogP contribution >= 0.6 is 24.0 Å². The highest BCUT2D eigenvalue weighted by atomic mass is 127. The maximum Gasteiger partial charge on any atom is 0.328 e. The summed E-state index contributed by atoms with van der Waals surface area (Å²) in [6.07, 6.45) is 0. The Labute approximate surface area is 121 Å². The summed E-state index contributed by atoms with van der Waals surface area (Å²) in [5.74, 6) is 0.316. The minimum Gasteiger partial charge on any atom is -0.459 e. The summed E-state index contributed by atoms with van der Waals surface area (Å²) >= 11 is 0. The lowest BCUT2D eigenvalue weighted by molar-refractivity contribution is -0.152. The number of guanidine groups is 1. The molecule has 0 amide bonds. The van der Waals surface area contributed by atoms with E-state index in [1.54, 1.807) is 0 Å². The highest BCUT2D eigenvalue weighted by Gasteiger charge is 2.15. The third-order valence-electron chi connectivity index (χ3n) is 1.47. The number of carbonyl (C=O) groups is 1. The van der Waals surface area contributed by atoms with Crippen LogP contribution in [0, 0.1) is 0 Å². The van der Waals surface area contributed by atoms with Gasteiger partial charge in [0.15, 0.2) is 5.96 Å². The van der Waals surface area contributed by atoms with Gasteiger partial charge in [0.1, 0.15) is 12.1 Å². The molecule has 0 aromatic heterocycles. The third kappa shape index (κ3) is 11.7. The number of hydrogen-bond donors (Lipinski definition) is 2. The highest BCUT2D eigenvalue weighted by molar-refractivity contribution is 14.0. The minimum atomic E-state index is -0.455. The molecule has 0 aromatic carbocycles. The monoisotopic (exact) mass is 357 g/mol. The van der Waals surface area contributed by atoms with Crippen LogP contribution in [-0.2, 0) is 9.53 Å². The van der Waals surface area contributed by atoms with Crippen molar-refractivity contribution < 1.29 is 9.53 Å². The number of esters is 1. The predicted octanol–water partition coefficient (Wildman–Crippen LogP) is 1.52. The van der Waals surface area contributed by atoms with E-state index in [0.29, 0.717) is 5.96 Å². The molecule has 17 heavy (non-hydrogen) atoms. The SMILES string of the molecule is CCNC(=NCC(=O)OC(C)(C)C)NCC.I. The Kier molecular flexibility index (Phi) is 10.5. The molecule has 0 aliphatic heterocycles. The number of carbonyl (C=O) groups excluding carboxylic acids is 1. The average Bonchev–Trinajstić information content (AvgIpc) is 2.12. The maximum atomic E-state index is 11.4. The van der Waals surface area contributed by atoms with Gasteiger partial charge in [-0.05, 0) is 34.6 Å². The smallest absolute Gasteiger partial charge is 0.328 e. The molecule has 102 valence electrons. The summed E-state index contributed by atoms with van der Waals surface area (Å²) in [6, 6.07) is 0. The van der Waals surface area contributed by atoms with Crippen molar-refractivity contribution in [2.75, 3.05) is 19.6 Å². The fraction of sp³-hybridized carbons (Fsp3) is 0.818. The Morgan fingerprint density at radius 2 is 1.65 bits per heavy atom. The number of hydrogen-bond acceptors (Lipinski definition) is 3. The van der Waals surface area contributed by atoms with Crippen LogP contribution in [-0.4, -0.2) is 37.2 Å². The van der Waals surface area contributed by atoms with Crippen LogP contribution in [0.25, 0.3) is 0 Å². The Morgan fingerprint density at radius 3 is 2.00 bits per heavy atom. The molecular formula is C11H24IN3O2. The van der Waals surface area contributed by atoms with Crippen LogP contribution in [0.2, 0.25) is 0 Å². The maximum absolute atomic E-state index is 11.4. The molecule has 0 saturated heterocycles. The second-order valence-electron chi connectivity index (χ2n) is 4.31. The lowest BCUT2D eigenvalue weighted by Crippen LogP contribution is -2.37. The Morgan fingerprint density at radius 1 is 1.18 bits per heavy atom. The molecule has 0 atom stereocenters. The summed E-state index contributed by atoms with van der Waals surface area (Å²) in [6.45, 7) is 11.0. The number of aliphatic imine (C=N–C) groups is 1. The van der Waals surface area contributed by atoms with Gasteiger partial charge in [-0.2, -0.15) is 0 Å². The predicted molar refractivity (Wildman–Crippen MR) is 80.9 cm³/mol. The minimum absolute atomic E-state index is 0. The van der Waals surface area contributed by atoms with Crippen molar-refractivity contribution in [2.45, 2.75) is 40.2 Å². The highest BCUT2D eigenvalue weighted by Crippen LogP contribution is 2.06. The molecule has 0 radical (unpaired) electrons. The van der Waals surface area contributed by atoms with Gasteiger partial charge >= 0.3 is 5.97 Å². The van der Waals surface area contributed by atoms with Crippen molar-refractivity contribution in [2.24, 2.45) is 4.99 Å². The average molecular weight is 357 g/mol. The first-order valence-corrected chi connectivity index (χ1v) is 5.63. The van der Waals surface area contributed by atoms with Crippen LogP contribution in [0.3, 0.4) is 0 Å². The standard InChI is InChI=1S/C11H23N3O2.HI/c1-6-12-10(13-7-2)14-8-9(15)16-11(3,4)5;/h6-8H2,1-5H3,(H2,12,13,14);1H. The zero-order chi connectivity index (χ0) is 12.6. The van der Waals surface area contributed by atoms with E-state index in [0.717, 1.165) is 13.1 Å². The summed E-state index contributed by atoms with van der Waals surface area (Å²) in [4.78, 5) is 15.5. The van der Waals surface area contributed by atoms with Gasteiger partial charge in [0, 0.05) is 13.1 Å². The lowest BCUT2D eigenvalue weighted by Gasteiger charge is -2.18. The van der Waals surface area contributed by atoms with Gasteiger partial charge in [-0.25, -0.2) is 4.99 Å². The fourth-order valence-corrected chi connectivity index (χ4v) is 1.03. The van der Waals surface area contributed by atoms with Crippen molar-refractivity contribution in [3.05, 3.63) is 0 Å². The first-order chi connectivity index (χ1) is 7.39. The summed E-state index contributed by atoms with van der Waals surface area (Å²) in [5.41, 5.74) is -0.455. The van der Waals surface area contributed by atoms with Crippen molar-refractivity contribution >= 4 is 35.9 Å². The van der Waals surface area contributed by atoms with Crippen LogP contribution in [0.5, 0.6) is 0 Å².